The number of nitrogens with one attached hydrogen (secondary N) is 2. The fourth-order valence-corrected chi connectivity index (χ4v) is 3.99. The number of fused-ring (bicyclic) bond motifs is 1. The van der Waals surface area contributed by atoms with Gasteiger partial charge in [-0.2, -0.15) is 4.99 Å². The predicted molar refractivity (Wildman–Crippen MR) is 109 cm³/mol. The smallest absolute Gasteiger partial charge is 0.334 e. The standard InChI is InChI=1S/C22H24N4O2/c27-21(23-17-11-5-2-6-12-17)25-20-18-13-7-8-14-19(18)24-22(28)26(20)15-16-9-3-1-4-10-16/h1-6,9-12,18-19H,7-8,13-15H2,(H,23,27)(H,24,28)/b25-20+. The van der Waals surface area contributed by atoms with Crippen molar-refractivity contribution in [1.82, 2.24) is 10.2 Å². The SMILES string of the molecule is O=C(/N=C1\C2CCCCC2NC(=O)N1Cc1ccccc1)Nc1ccccc1. The molecule has 2 fully saturated rings. The van der Waals surface area contributed by atoms with Crippen LogP contribution in [0.15, 0.2) is 65.7 Å². The van der Waals surface area contributed by atoms with Gasteiger partial charge in [-0.15, -0.1) is 0 Å². The van der Waals surface area contributed by atoms with E-state index in [0.717, 1.165) is 31.2 Å². The number of hydrogen-bond acceptors (Lipinski definition) is 2. The molecule has 1 saturated carbocycles. The molecule has 2 N–H and O–H groups in total. The van der Waals surface area contributed by atoms with Crippen LogP contribution < -0.4 is 10.6 Å². The van der Waals surface area contributed by atoms with Crippen molar-refractivity contribution in [3.05, 3.63) is 66.2 Å². The highest BCUT2D eigenvalue weighted by Crippen LogP contribution is 2.31. The maximum absolute atomic E-state index is 12.8. The van der Waals surface area contributed by atoms with Crippen molar-refractivity contribution in [1.29, 1.82) is 0 Å². The first-order valence-corrected chi connectivity index (χ1v) is 9.77. The zero-order valence-corrected chi connectivity index (χ0v) is 15.7. The van der Waals surface area contributed by atoms with E-state index >= 15 is 0 Å². The molecule has 0 aromatic heterocycles. The lowest BCUT2D eigenvalue weighted by Crippen LogP contribution is -2.60. The Hall–Kier alpha value is -3.15. The molecule has 0 spiro atoms. The number of amidine groups is 1. The summed E-state index contributed by atoms with van der Waals surface area (Å²) < 4.78 is 0. The van der Waals surface area contributed by atoms with E-state index in [0.29, 0.717) is 18.1 Å². The number of carbonyl (C=O) groups excluding carboxylic acids is 2. The molecular formula is C22H24N4O2. The van der Waals surface area contributed by atoms with Crippen LogP contribution >= 0.6 is 0 Å². The van der Waals surface area contributed by atoms with E-state index in [9.17, 15) is 9.59 Å². The van der Waals surface area contributed by atoms with Crippen LogP contribution in [0.3, 0.4) is 0 Å². The van der Waals surface area contributed by atoms with Crippen LogP contribution in [0, 0.1) is 5.92 Å². The quantitative estimate of drug-likeness (QED) is 0.833. The number of aliphatic imine (C=N–C) groups is 1. The van der Waals surface area contributed by atoms with Crippen molar-refractivity contribution in [2.75, 3.05) is 5.32 Å². The van der Waals surface area contributed by atoms with Crippen LogP contribution in [-0.2, 0) is 6.54 Å². The van der Waals surface area contributed by atoms with Gasteiger partial charge in [0.05, 0.1) is 6.54 Å². The summed E-state index contributed by atoms with van der Waals surface area (Å²) in [4.78, 5) is 31.4. The molecule has 2 aromatic rings. The zero-order valence-electron chi connectivity index (χ0n) is 15.7. The Bertz CT molecular complexity index is 867. The molecule has 0 bridgehead atoms. The van der Waals surface area contributed by atoms with E-state index in [4.69, 9.17) is 0 Å². The van der Waals surface area contributed by atoms with Crippen molar-refractivity contribution < 1.29 is 9.59 Å². The van der Waals surface area contributed by atoms with Crippen molar-refractivity contribution in [3.8, 4) is 0 Å². The highest BCUT2D eigenvalue weighted by Gasteiger charge is 2.40. The Kier molecular flexibility index (Phi) is 5.37. The molecule has 144 valence electrons. The Morgan fingerprint density at radius 3 is 2.46 bits per heavy atom. The second-order valence-electron chi connectivity index (χ2n) is 7.28. The normalized spacial score (nSPS) is 23.1. The molecule has 4 amide bonds. The highest BCUT2D eigenvalue weighted by molar-refractivity contribution is 6.07. The van der Waals surface area contributed by atoms with Gasteiger partial charge < -0.3 is 10.6 Å². The molecule has 28 heavy (non-hydrogen) atoms. The lowest BCUT2D eigenvalue weighted by Gasteiger charge is -2.42. The van der Waals surface area contributed by atoms with Crippen molar-refractivity contribution in [2.45, 2.75) is 38.3 Å². The summed E-state index contributed by atoms with van der Waals surface area (Å²) in [5.74, 6) is 0.641. The van der Waals surface area contributed by atoms with Gasteiger partial charge in [-0.05, 0) is 30.5 Å². The first-order valence-electron chi connectivity index (χ1n) is 9.77. The van der Waals surface area contributed by atoms with Crippen LogP contribution in [0.4, 0.5) is 15.3 Å². The summed E-state index contributed by atoms with van der Waals surface area (Å²) in [6.07, 6.45) is 4.02. The topological polar surface area (TPSA) is 73.8 Å². The van der Waals surface area contributed by atoms with E-state index in [1.807, 2.05) is 60.7 Å². The summed E-state index contributed by atoms with van der Waals surface area (Å²) >= 11 is 0. The number of para-hydroxylation sites is 1. The number of anilines is 1. The third kappa shape index (κ3) is 4.06. The summed E-state index contributed by atoms with van der Waals surface area (Å²) in [7, 11) is 0. The molecular weight excluding hydrogens is 352 g/mol. The molecule has 1 heterocycles. The average Bonchev–Trinajstić information content (AvgIpc) is 2.72. The van der Waals surface area contributed by atoms with Gasteiger partial charge in [-0.1, -0.05) is 61.4 Å². The second kappa shape index (κ2) is 8.25. The van der Waals surface area contributed by atoms with Gasteiger partial charge in [-0.25, -0.2) is 9.59 Å². The zero-order chi connectivity index (χ0) is 19.3. The largest absolute Gasteiger partial charge is 0.347 e. The third-order valence-corrected chi connectivity index (χ3v) is 5.35. The summed E-state index contributed by atoms with van der Waals surface area (Å²) in [6.45, 7) is 0.396. The van der Waals surface area contributed by atoms with Crippen molar-refractivity contribution >= 4 is 23.6 Å². The molecule has 1 aliphatic carbocycles. The van der Waals surface area contributed by atoms with E-state index in [1.165, 1.54) is 0 Å². The number of urea groups is 2. The Labute approximate surface area is 164 Å². The lowest BCUT2D eigenvalue weighted by atomic mass is 9.82. The number of nitrogens with zero attached hydrogens (tertiary/aromatic N) is 2. The number of rotatable bonds is 3. The molecule has 2 aromatic carbocycles. The fourth-order valence-electron chi connectivity index (χ4n) is 3.99. The number of benzene rings is 2. The molecule has 0 radical (unpaired) electrons. The maximum atomic E-state index is 12.8. The minimum absolute atomic E-state index is 0.0524. The van der Waals surface area contributed by atoms with Gasteiger partial charge in [-0.3, -0.25) is 4.90 Å². The summed E-state index contributed by atoms with van der Waals surface area (Å²) in [5.41, 5.74) is 1.69. The molecule has 1 saturated heterocycles. The van der Waals surface area contributed by atoms with Gasteiger partial charge in [0, 0.05) is 17.6 Å². The molecule has 6 heteroatoms. The van der Waals surface area contributed by atoms with Crippen molar-refractivity contribution in [3.63, 3.8) is 0 Å². The number of hydrogen-bond donors (Lipinski definition) is 2. The van der Waals surface area contributed by atoms with Gasteiger partial charge >= 0.3 is 12.1 Å². The van der Waals surface area contributed by atoms with E-state index in [-0.39, 0.29) is 18.0 Å². The summed E-state index contributed by atoms with van der Waals surface area (Å²) in [5, 5.41) is 5.92. The van der Waals surface area contributed by atoms with Crippen molar-refractivity contribution in [2.24, 2.45) is 10.9 Å². The monoisotopic (exact) mass is 376 g/mol. The molecule has 2 unspecified atom stereocenters. The van der Waals surface area contributed by atoms with Gasteiger partial charge in [0.2, 0.25) is 0 Å². The average molecular weight is 376 g/mol. The molecule has 4 rings (SSSR count). The minimum atomic E-state index is -0.446. The van der Waals surface area contributed by atoms with Gasteiger partial charge in [0.25, 0.3) is 0 Å². The third-order valence-electron chi connectivity index (χ3n) is 5.35. The maximum Gasteiger partial charge on any atom is 0.347 e. The van der Waals surface area contributed by atoms with Crippen LogP contribution in [0.1, 0.15) is 31.2 Å². The lowest BCUT2D eigenvalue weighted by molar-refractivity contribution is 0.187. The molecule has 2 atom stereocenters. The predicted octanol–water partition coefficient (Wildman–Crippen LogP) is 4.40. The van der Waals surface area contributed by atoms with Crippen LogP contribution in [0.5, 0.6) is 0 Å². The molecule has 1 aliphatic heterocycles. The molecule has 2 aliphatic rings. The minimum Gasteiger partial charge on any atom is -0.334 e. The van der Waals surface area contributed by atoms with Crippen LogP contribution in [0.25, 0.3) is 0 Å². The Morgan fingerprint density at radius 2 is 1.71 bits per heavy atom. The van der Waals surface area contributed by atoms with Gasteiger partial charge in [0.15, 0.2) is 0 Å². The number of carbonyl (C=O) groups is 2. The Morgan fingerprint density at radius 1 is 1.04 bits per heavy atom. The van der Waals surface area contributed by atoms with E-state index < -0.39 is 6.03 Å². The summed E-state index contributed by atoms with van der Waals surface area (Å²) in [6, 6.07) is 18.4. The first kappa shape index (κ1) is 18.2. The molecule has 6 nitrogen and oxygen atoms in total. The van der Waals surface area contributed by atoms with E-state index in [1.54, 1.807) is 4.90 Å². The highest BCUT2D eigenvalue weighted by atomic mass is 16.2. The van der Waals surface area contributed by atoms with E-state index in [2.05, 4.69) is 15.6 Å². The number of amides is 4. The fraction of sp³-hybridized carbons (Fsp3) is 0.318. The second-order valence-corrected chi connectivity index (χ2v) is 7.28. The first-order chi connectivity index (χ1) is 13.7. The van der Waals surface area contributed by atoms with Gasteiger partial charge in [0.1, 0.15) is 5.84 Å². The van der Waals surface area contributed by atoms with Crippen LogP contribution in [0.2, 0.25) is 0 Å². The van der Waals surface area contributed by atoms with Crippen LogP contribution in [-0.4, -0.2) is 28.8 Å². The Balaban J connectivity index is 1.62.